The molecule has 27 heavy (non-hydrogen) atoms. The van der Waals surface area contributed by atoms with Gasteiger partial charge in [0.2, 0.25) is 0 Å². The predicted molar refractivity (Wildman–Crippen MR) is 100.0 cm³/mol. The number of hydrogen-bond donors (Lipinski definition) is 1. The first-order valence-electron chi connectivity index (χ1n) is 8.38. The predicted octanol–water partition coefficient (Wildman–Crippen LogP) is 3.57. The van der Waals surface area contributed by atoms with Crippen LogP contribution in [0.2, 0.25) is 0 Å². The van der Waals surface area contributed by atoms with Crippen LogP contribution in [0.1, 0.15) is 21.6 Å². The standard InChI is InChI=1S/C20H16FN5O/c1-13-18(9-15-8-16(21)5-6-19(15)24-13)20(27)25-17-4-2-3-14(7-17)10-26-12-22-11-23-26/h2-9,11-12H,10H2,1H3,(H,25,27). The summed E-state index contributed by atoms with van der Waals surface area (Å²) in [5, 5.41) is 7.55. The maximum Gasteiger partial charge on any atom is 0.257 e. The van der Waals surface area contributed by atoms with Gasteiger partial charge in [0.25, 0.3) is 5.91 Å². The number of amides is 1. The van der Waals surface area contributed by atoms with Crippen molar-refractivity contribution >= 4 is 22.5 Å². The molecule has 2 heterocycles. The number of aromatic nitrogens is 4. The maximum atomic E-state index is 13.5. The fourth-order valence-corrected chi connectivity index (χ4v) is 2.92. The number of benzene rings is 2. The van der Waals surface area contributed by atoms with Gasteiger partial charge < -0.3 is 5.32 Å². The Morgan fingerprint density at radius 3 is 2.89 bits per heavy atom. The van der Waals surface area contributed by atoms with Gasteiger partial charge in [-0.1, -0.05) is 12.1 Å². The van der Waals surface area contributed by atoms with E-state index in [2.05, 4.69) is 20.4 Å². The van der Waals surface area contributed by atoms with Crippen molar-refractivity contribution in [1.29, 1.82) is 0 Å². The number of nitrogens with one attached hydrogen (secondary N) is 1. The van der Waals surface area contributed by atoms with E-state index in [1.165, 1.54) is 18.5 Å². The van der Waals surface area contributed by atoms with Gasteiger partial charge in [-0.2, -0.15) is 5.10 Å². The van der Waals surface area contributed by atoms with E-state index in [1.54, 1.807) is 30.1 Å². The minimum absolute atomic E-state index is 0.288. The molecule has 0 spiro atoms. The first-order valence-corrected chi connectivity index (χ1v) is 8.38. The Balaban J connectivity index is 1.58. The second-order valence-corrected chi connectivity index (χ2v) is 6.21. The molecule has 2 aromatic heterocycles. The van der Waals surface area contributed by atoms with Gasteiger partial charge in [-0.15, -0.1) is 0 Å². The van der Waals surface area contributed by atoms with Crippen molar-refractivity contribution in [1.82, 2.24) is 19.7 Å². The number of hydrogen-bond acceptors (Lipinski definition) is 4. The fraction of sp³-hybridized carbons (Fsp3) is 0.100. The molecule has 1 N–H and O–H groups in total. The van der Waals surface area contributed by atoms with E-state index in [0.29, 0.717) is 34.4 Å². The largest absolute Gasteiger partial charge is 0.322 e. The van der Waals surface area contributed by atoms with Crippen LogP contribution in [0.4, 0.5) is 10.1 Å². The lowest BCUT2D eigenvalue weighted by Crippen LogP contribution is -2.14. The van der Waals surface area contributed by atoms with E-state index < -0.39 is 0 Å². The Bertz CT molecular complexity index is 1120. The minimum Gasteiger partial charge on any atom is -0.322 e. The van der Waals surface area contributed by atoms with Crippen LogP contribution in [0.15, 0.2) is 61.2 Å². The summed E-state index contributed by atoms with van der Waals surface area (Å²) in [4.78, 5) is 21.0. The van der Waals surface area contributed by atoms with Crippen LogP contribution in [-0.2, 0) is 6.54 Å². The highest BCUT2D eigenvalue weighted by atomic mass is 19.1. The molecule has 0 fully saturated rings. The van der Waals surface area contributed by atoms with Gasteiger partial charge >= 0.3 is 0 Å². The van der Waals surface area contributed by atoms with Gasteiger partial charge in [0.05, 0.1) is 23.3 Å². The van der Waals surface area contributed by atoms with Gasteiger partial charge in [-0.3, -0.25) is 9.78 Å². The van der Waals surface area contributed by atoms with E-state index in [4.69, 9.17) is 0 Å². The van der Waals surface area contributed by atoms with Crippen LogP contribution >= 0.6 is 0 Å². The number of carbonyl (C=O) groups excluding carboxylic acids is 1. The zero-order valence-electron chi connectivity index (χ0n) is 14.6. The number of halogens is 1. The Hall–Kier alpha value is -3.61. The first kappa shape index (κ1) is 16.8. The van der Waals surface area contributed by atoms with Gasteiger partial charge in [0, 0.05) is 11.1 Å². The number of carbonyl (C=O) groups is 1. The van der Waals surface area contributed by atoms with Gasteiger partial charge in [0.15, 0.2) is 0 Å². The van der Waals surface area contributed by atoms with Crippen molar-refractivity contribution in [3.8, 4) is 0 Å². The third kappa shape index (κ3) is 3.67. The number of rotatable bonds is 4. The molecule has 0 aliphatic rings. The van der Waals surface area contributed by atoms with Crippen molar-refractivity contribution in [3.63, 3.8) is 0 Å². The lowest BCUT2D eigenvalue weighted by Gasteiger charge is -2.10. The quantitative estimate of drug-likeness (QED) is 0.603. The van der Waals surface area contributed by atoms with Crippen LogP contribution in [0.25, 0.3) is 10.9 Å². The molecule has 0 radical (unpaired) electrons. The zero-order chi connectivity index (χ0) is 18.8. The molecular formula is C20H16FN5O. The molecule has 4 rings (SSSR count). The summed E-state index contributed by atoms with van der Waals surface area (Å²) >= 11 is 0. The third-order valence-corrected chi connectivity index (χ3v) is 4.21. The molecule has 6 nitrogen and oxygen atoms in total. The molecule has 0 bridgehead atoms. The van der Waals surface area contributed by atoms with Crippen LogP contribution in [-0.4, -0.2) is 25.7 Å². The zero-order valence-corrected chi connectivity index (χ0v) is 14.6. The Morgan fingerprint density at radius 2 is 2.07 bits per heavy atom. The summed E-state index contributed by atoms with van der Waals surface area (Å²) < 4.78 is 15.2. The van der Waals surface area contributed by atoms with E-state index in [9.17, 15) is 9.18 Å². The van der Waals surface area contributed by atoms with Crippen molar-refractivity contribution in [2.45, 2.75) is 13.5 Å². The molecule has 0 aliphatic carbocycles. The molecular weight excluding hydrogens is 345 g/mol. The van der Waals surface area contributed by atoms with E-state index in [0.717, 1.165) is 5.56 Å². The lowest BCUT2D eigenvalue weighted by molar-refractivity contribution is 0.102. The fourth-order valence-electron chi connectivity index (χ4n) is 2.92. The van der Waals surface area contributed by atoms with Crippen molar-refractivity contribution in [2.75, 3.05) is 5.32 Å². The molecule has 0 saturated carbocycles. The number of pyridine rings is 1. The van der Waals surface area contributed by atoms with Crippen LogP contribution in [0.3, 0.4) is 0 Å². The summed E-state index contributed by atoms with van der Waals surface area (Å²) in [6, 6.07) is 13.5. The van der Waals surface area contributed by atoms with Crippen molar-refractivity contribution in [2.24, 2.45) is 0 Å². The van der Waals surface area contributed by atoms with Crippen molar-refractivity contribution < 1.29 is 9.18 Å². The average Bonchev–Trinajstić information content (AvgIpc) is 3.14. The molecule has 7 heteroatoms. The van der Waals surface area contributed by atoms with Gasteiger partial charge in [0.1, 0.15) is 18.5 Å². The number of fused-ring (bicyclic) bond motifs is 1. The highest BCUT2D eigenvalue weighted by Crippen LogP contribution is 2.20. The molecule has 134 valence electrons. The summed E-state index contributed by atoms with van der Waals surface area (Å²) in [7, 11) is 0. The Morgan fingerprint density at radius 1 is 1.19 bits per heavy atom. The summed E-state index contributed by atoms with van der Waals surface area (Å²) in [6.45, 7) is 2.32. The van der Waals surface area contributed by atoms with Crippen LogP contribution < -0.4 is 5.32 Å². The third-order valence-electron chi connectivity index (χ3n) is 4.21. The van der Waals surface area contributed by atoms with Crippen LogP contribution in [0, 0.1) is 12.7 Å². The van der Waals surface area contributed by atoms with Gasteiger partial charge in [-0.05, 0) is 48.9 Å². The molecule has 2 aromatic carbocycles. The number of nitrogens with zero attached hydrogens (tertiary/aromatic N) is 4. The molecule has 4 aromatic rings. The first-order chi connectivity index (χ1) is 13.1. The topological polar surface area (TPSA) is 72.7 Å². The lowest BCUT2D eigenvalue weighted by atomic mass is 10.1. The summed E-state index contributed by atoms with van der Waals surface area (Å²) in [5.41, 5.74) is 3.30. The monoisotopic (exact) mass is 361 g/mol. The van der Waals surface area contributed by atoms with Crippen molar-refractivity contribution in [3.05, 3.63) is 83.8 Å². The van der Waals surface area contributed by atoms with E-state index >= 15 is 0 Å². The smallest absolute Gasteiger partial charge is 0.257 e. The van der Waals surface area contributed by atoms with E-state index in [-0.39, 0.29) is 11.7 Å². The molecule has 1 amide bonds. The summed E-state index contributed by atoms with van der Waals surface area (Å²) in [5.74, 6) is -0.649. The highest BCUT2D eigenvalue weighted by Gasteiger charge is 2.13. The number of anilines is 1. The molecule has 0 unspecified atom stereocenters. The van der Waals surface area contributed by atoms with Crippen LogP contribution in [0.5, 0.6) is 0 Å². The van der Waals surface area contributed by atoms with Gasteiger partial charge in [-0.25, -0.2) is 14.1 Å². The normalized spacial score (nSPS) is 10.9. The second kappa shape index (κ2) is 6.95. The molecule has 0 saturated heterocycles. The molecule has 0 atom stereocenters. The Labute approximate surface area is 154 Å². The summed E-state index contributed by atoms with van der Waals surface area (Å²) in [6.07, 6.45) is 3.11. The average molecular weight is 361 g/mol. The second-order valence-electron chi connectivity index (χ2n) is 6.21. The van der Waals surface area contributed by atoms with E-state index in [1.807, 2.05) is 24.3 Å². The molecule has 0 aliphatic heterocycles. The highest BCUT2D eigenvalue weighted by molar-refractivity contribution is 6.06. The minimum atomic E-state index is -0.361. The SMILES string of the molecule is Cc1nc2ccc(F)cc2cc1C(=O)Nc1cccc(Cn2cncn2)c1. The number of aryl methyl sites for hydroxylation is 1. The maximum absolute atomic E-state index is 13.5. The Kier molecular flexibility index (Phi) is 4.33.